The Bertz CT molecular complexity index is 1590. The van der Waals surface area contributed by atoms with Gasteiger partial charge in [-0.25, -0.2) is 18.4 Å². The second-order valence-electron chi connectivity index (χ2n) is 7.59. The van der Waals surface area contributed by atoms with Crippen LogP contribution in [-0.4, -0.2) is 39.8 Å². The number of nitrogens with one attached hydrogen (secondary N) is 1. The summed E-state index contributed by atoms with van der Waals surface area (Å²) in [5, 5.41) is 8.85. The van der Waals surface area contributed by atoms with Gasteiger partial charge in [-0.2, -0.15) is 5.10 Å². The molecule has 0 radical (unpaired) electrons. The molecule has 1 N–H and O–H groups in total. The van der Waals surface area contributed by atoms with Crippen LogP contribution < -0.4 is 4.74 Å². The first kappa shape index (κ1) is 22.0. The van der Waals surface area contributed by atoms with E-state index in [4.69, 9.17) is 16.3 Å². The summed E-state index contributed by atoms with van der Waals surface area (Å²) in [5.41, 5.74) is 2.77. The Morgan fingerprint density at radius 1 is 0.971 bits per heavy atom. The number of benzene rings is 2. The maximum Gasteiger partial charge on any atom is 0.175 e. The molecule has 0 unspecified atom stereocenters. The minimum Gasteiger partial charge on any atom is -0.455 e. The van der Waals surface area contributed by atoms with Crippen LogP contribution in [0.15, 0.2) is 78.1 Å². The SMILES string of the molecule is CS(=O)(=O)c1ccc(Oc2cc(-c3ncccc3Cl)cc3c(Cc4ncccn4)[nH]nc23)cc1. The summed E-state index contributed by atoms with van der Waals surface area (Å²) in [4.78, 5) is 13.2. The van der Waals surface area contributed by atoms with Gasteiger partial charge in [0.15, 0.2) is 15.6 Å². The number of fused-ring (bicyclic) bond motifs is 1. The Hall–Kier alpha value is -3.82. The number of aromatic nitrogens is 5. The summed E-state index contributed by atoms with van der Waals surface area (Å²) in [6, 6.07) is 15.3. The summed E-state index contributed by atoms with van der Waals surface area (Å²) in [6.45, 7) is 0. The molecule has 3 heterocycles. The van der Waals surface area contributed by atoms with Crippen molar-refractivity contribution >= 4 is 32.3 Å². The number of halogens is 1. The lowest BCUT2D eigenvalue weighted by molar-refractivity contribution is 0.486. The number of hydrogen-bond acceptors (Lipinski definition) is 7. The maximum atomic E-state index is 11.8. The van der Waals surface area contributed by atoms with Crippen LogP contribution in [0.25, 0.3) is 22.2 Å². The van der Waals surface area contributed by atoms with Crippen LogP contribution in [0.2, 0.25) is 5.02 Å². The molecule has 0 aliphatic carbocycles. The minimum atomic E-state index is -3.31. The van der Waals surface area contributed by atoms with Crippen LogP contribution in [0, 0.1) is 0 Å². The van der Waals surface area contributed by atoms with Gasteiger partial charge in [-0.15, -0.1) is 0 Å². The average Bonchev–Trinajstić information content (AvgIpc) is 3.23. The zero-order valence-electron chi connectivity index (χ0n) is 17.9. The van der Waals surface area contributed by atoms with E-state index in [1.165, 1.54) is 12.1 Å². The molecule has 0 atom stereocenters. The van der Waals surface area contributed by atoms with Crippen molar-refractivity contribution in [1.29, 1.82) is 0 Å². The van der Waals surface area contributed by atoms with Crippen molar-refractivity contribution < 1.29 is 13.2 Å². The zero-order chi connectivity index (χ0) is 23.7. The molecule has 5 rings (SSSR count). The molecular weight excluding hydrogens is 474 g/mol. The van der Waals surface area contributed by atoms with Gasteiger partial charge in [0, 0.05) is 35.8 Å². The number of rotatable bonds is 6. The van der Waals surface area contributed by atoms with Gasteiger partial charge in [-0.05, 0) is 54.6 Å². The van der Waals surface area contributed by atoms with Gasteiger partial charge in [-0.1, -0.05) is 11.6 Å². The summed E-state index contributed by atoms with van der Waals surface area (Å²) >= 11 is 6.42. The van der Waals surface area contributed by atoms with E-state index in [-0.39, 0.29) is 4.90 Å². The first-order chi connectivity index (χ1) is 16.4. The van der Waals surface area contributed by atoms with Crippen LogP contribution in [0.5, 0.6) is 11.5 Å². The number of ether oxygens (including phenoxy) is 1. The summed E-state index contributed by atoms with van der Waals surface area (Å²) in [6.07, 6.45) is 6.65. The highest BCUT2D eigenvalue weighted by Crippen LogP contribution is 2.37. The zero-order valence-corrected chi connectivity index (χ0v) is 19.5. The van der Waals surface area contributed by atoms with E-state index in [0.717, 1.165) is 22.9 Å². The third-order valence-corrected chi connectivity index (χ3v) is 6.60. The lowest BCUT2D eigenvalue weighted by atomic mass is 10.0. The highest BCUT2D eigenvalue weighted by Gasteiger charge is 2.17. The monoisotopic (exact) mass is 491 g/mol. The summed E-state index contributed by atoms with van der Waals surface area (Å²) in [5.74, 6) is 1.58. The molecule has 2 aromatic carbocycles. The van der Waals surface area contributed by atoms with Crippen LogP contribution >= 0.6 is 11.6 Å². The van der Waals surface area contributed by atoms with Gasteiger partial charge in [0.2, 0.25) is 0 Å². The molecule has 5 aromatic rings. The standard InChI is InChI=1S/C24H18ClN5O3S/c1-34(31,32)17-7-5-16(6-8-17)33-21-13-15(23-19(25)4-2-9-28-23)12-18-20(29-30-24(18)21)14-22-26-10-3-11-27-22/h2-13H,14H2,1H3,(H,29,30). The minimum absolute atomic E-state index is 0.212. The van der Waals surface area contributed by atoms with Crippen LogP contribution in [0.3, 0.4) is 0 Å². The molecule has 0 aliphatic rings. The van der Waals surface area contributed by atoms with Crippen LogP contribution in [0.1, 0.15) is 11.5 Å². The highest BCUT2D eigenvalue weighted by atomic mass is 35.5. The Morgan fingerprint density at radius 2 is 1.71 bits per heavy atom. The largest absolute Gasteiger partial charge is 0.455 e. The topological polar surface area (TPSA) is 111 Å². The predicted octanol–water partition coefficient (Wildman–Crippen LogP) is 4.85. The molecule has 0 saturated carbocycles. The Kier molecular flexibility index (Phi) is 5.72. The Labute approximate surface area is 200 Å². The lowest BCUT2D eigenvalue weighted by Gasteiger charge is -2.11. The van der Waals surface area contributed by atoms with E-state index in [1.807, 2.05) is 12.1 Å². The van der Waals surface area contributed by atoms with Crippen molar-refractivity contribution in [1.82, 2.24) is 25.1 Å². The fourth-order valence-electron chi connectivity index (χ4n) is 3.55. The molecule has 0 saturated heterocycles. The maximum absolute atomic E-state index is 11.8. The predicted molar refractivity (Wildman–Crippen MR) is 129 cm³/mol. The Balaban J connectivity index is 1.62. The fourth-order valence-corrected chi connectivity index (χ4v) is 4.41. The highest BCUT2D eigenvalue weighted by molar-refractivity contribution is 7.90. The van der Waals surface area contributed by atoms with Gasteiger partial charge < -0.3 is 4.74 Å². The number of nitrogens with zero attached hydrogens (tertiary/aromatic N) is 4. The summed E-state index contributed by atoms with van der Waals surface area (Å²) < 4.78 is 29.7. The lowest BCUT2D eigenvalue weighted by Crippen LogP contribution is -1.97. The molecule has 8 nitrogen and oxygen atoms in total. The number of aromatic amines is 1. The smallest absolute Gasteiger partial charge is 0.175 e. The molecule has 0 spiro atoms. The van der Waals surface area contributed by atoms with E-state index in [2.05, 4.69) is 25.1 Å². The first-order valence-corrected chi connectivity index (χ1v) is 12.5. The van der Waals surface area contributed by atoms with Crippen molar-refractivity contribution in [2.75, 3.05) is 6.26 Å². The Morgan fingerprint density at radius 3 is 2.41 bits per heavy atom. The first-order valence-electron chi connectivity index (χ1n) is 10.2. The van der Waals surface area contributed by atoms with Crippen molar-refractivity contribution in [2.24, 2.45) is 0 Å². The van der Waals surface area contributed by atoms with Crippen molar-refractivity contribution in [3.8, 4) is 22.8 Å². The molecule has 0 amide bonds. The molecule has 3 aromatic heterocycles. The average molecular weight is 492 g/mol. The number of sulfone groups is 1. The van der Waals surface area contributed by atoms with E-state index in [1.54, 1.807) is 48.9 Å². The van der Waals surface area contributed by atoms with Crippen LogP contribution in [-0.2, 0) is 16.3 Å². The third-order valence-electron chi connectivity index (χ3n) is 5.17. The summed E-state index contributed by atoms with van der Waals surface area (Å²) in [7, 11) is -3.31. The van der Waals surface area contributed by atoms with Gasteiger partial charge >= 0.3 is 0 Å². The van der Waals surface area contributed by atoms with E-state index in [0.29, 0.717) is 40.0 Å². The quantitative estimate of drug-likeness (QED) is 0.361. The van der Waals surface area contributed by atoms with Crippen molar-refractivity contribution in [3.63, 3.8) is 0 Å². The van der Waals surface area contributed by atoms with E-state index >= 15 is 0 Å². The molecule has 10 heteroatoms. The molecule has 170 valence electrons. The molecule has 0 aliphatic heterocycles. The second kappa shape index (κ2) is 8.85. The number of hydrogen-bond donors (Lipinski definition) is 1. The third kappa shape index (κ3) is 4.48. The molecule has 0 fully saturated rings. The fraction of sp³-hybridized carbons (Fsp3) is 0.0833. The van der Waals surface area contributed by atoms with Gasteiger partial charge in [0.1, 0.15) is 17.1 Å². The van der Waals surface area contributed by atoms with Crippen LogP contribution in [0.4, 0.5) is 0 Å². The normalized spacial score (nSPS) is 11.6. The van der Waals surface area contributed by atoms with Gasteiger partial charge in [0.25, 0.3) is 0 Å². The number of H-pyrrole nitrogens is 1. The van der Waals surface area contributed by atoms with Gasteiger partial charge in [-0.3, -0.25) is 10.1 Å². The second-order valence-corrected chi connectivity index (χ2v) is 10.0. The van der Waals surface area contributed by atoms with E-state index < -0.39 is 9.84 Å². The molecule has 0 bridgehead atoms. The molecular formula is C24H18ClN5O3S. The van der Waals surface area contributed by atoms with Crippen molar-refractivity contribution in [2.45, 2.75) is 11.3 Å². The molecule has 34 heavy (non-hydrogen) atoms. The van der Waals surface area contributed by atoms with Gasteiger partial charge in [0.05, 0.1) is 27.7 Å². The van der Waals surface area contributed by atoms with Crippen molar-refractivity contribution in [3.05, 3.63) is 89.7 Å². The van der Waals surface area contributed by atoms with E-state index in [9.17, 15) is 8.42 Å². The number of pyridine rings is 1.